The van der Waals surface area contributed by atoms with E-state index in [1.807, 2.05) is 53.3 Å². The molecule has 0 atom stereocenters. The second-order valence-electron chi connectivity index (χ2n) is 8.18. The number of hydrogen-bond donors (Lipinski definition) is 0. The molecule has 1 aromatic carbocycles. The molecule has 0 unspecified atom stereocenters. The van der Waals surface area contributed by atoms with Crippen LogP contribution in [-0.4, -0.2) is 36.4 Å². The molecule has 5 aromatic rings. The van der Waals surface area contributed by atoms with Crippen LogP contribution in [0.25, 0.3) is 28.2 Å². The minimum absolute atomic E-state index is 0.480. The molecule has 0 fully saturated rings. The first-order valence-electron chi connectivity index (χ1n) is 10.5. The van der Waals surface area contributed by atoms with Gasteiger partial charge in [-0.15, -0.1) is 5.10 Å². The second kappa shape index (κ2) is 7.64. The fourth-order valence-corrected chi connectivity index (χ4v) is 4.13. The van der Waals surface area contributed by atoms with Crippen LogP contribution in [0, 0.1) is 20.8 Å². The fourth-order valence-electron chi connectivity index (χ4n) is 4.13. The van der Waals surface area contributed by atoms with Gasteiger partial charge in [0.25, 0.3) is 0 Å². The number of aromatic nitrogens is 6. The predicted molar refractivity (Wildman–Crippen MR) is 123 cm³/mol. The highest BCUT2D eigenvalue weighted by Gasteiger charge is 2.17. The Morgan fingerprint density at radius 1 is 1.06 bits per heavy atom. The molecule has 0 aliphatic rings. The molecule has 0 bridgehead atoms. The lowest BCUT2D eigenvalue weighted by atomic mass is 9.98. The summed E-state index contributed by atoms with van der Waals surface area (Å²) in [5, 5.41) is 13.1. The van der Waals surface area contributed by atoms with Gasteiger partial charge in [-0.2, -0.15) is 5.10 Å². The highest BCUT2D eigenvalue weighted by Crippen LogP contribution is 2.32. The summed E-state index contributed by atoms with van der Waals surface area (Å²) in [6, 6.07) is 10.8. The third kappa shape index (κ3) is 3.43. The molecule has 4 aromatic heterocycles. The summed E-state index contributed by atoms with van der Waals surface area (Å²) in [5.74, 6) is 0.514. The van der Waals surface area contributed by atoms with Crippen molar-refractivity contribution < 1.29 is 4.42 Å². The van der Waals surface area contributed by atoms with E-state index in [1.165, 1.54) is 5.56 Å². The number of nitrogens with zero attached hydrogens (tertiary/aromatic N) is 7. The maximum absolute atomic E-state index is 6.02. The van der Waals surface area contributed by atoms with Crippen molar-refractivity contribution >= 4 is 11.7 Å². The number of fused-ring (bicyclic) bond motifs is 1. The van der Waals surface area contributed by atoms with Crippen LogP contribution in [0.5, 0.6) is 0 Å². The topological polar surface area (TPSA) is 77.3 Å². The molecule has 0 amide bonds. The number of imidazole rings is 1. The van der Waals surface area contributed by atoms with E-state index < -0.39 is 0 Å². The molecular weight excluding hydrogens is 402 g/mol. The van der Waals surface area contributed by atoms with Gasteiger partial charge in [-0.3, -0.25) is 4.68 Å². The van der Waals surface area contributed by atoms with E-state index in [1.54, 1.807) is 6.20 Å². The van der Waals surface area contributed by atoms with Gasteiger partial charge in [0.1, 0.15) is 5.65 Å². The van der Waals surface area contributed by atoms with Crippen LogP contribution < -0.4 is 4.90 Å². The van der Waals surface area contributed by atoms with Crippen LogP contribution >= 0.6 is 0 Å². The van der Waals surface area contributed by atoms with E-state index in [2.05, 4.69) is 58.5 Å². The van der Waals surface area contributed by atoms with Crippen molar-refractivity contribution in [1.29, 1.82) is 0 Å². The molecule has 0 aliphatic heterocycles. The smallest absolute Gasteiger partial charge is 0.318 e. The normalized spacial score (nSPS) is 11.4. The Balaban J connectivity index is 1.39. The summed E-state index contributed by atoms with van der Waals surface area (Å²) in [6.45, 7) is 6.83. The molecular formula is C24H25N7O. The standard InChI is InChI=1S/C24H25N7O/c1-15-12-19(22-16(2)28-30(5)17(22)3)7-8-20(15)23-26-27-24(32-23)29(4)13-18-6-9-21-25-10-11-31(21)14-18/h6-12,14H,13H2,1-5H3. The van der Waals surface area contributed by atoms with E-state index in [-0.39, 0.29) is 0 Å². The van der Waals surface area contributed by atoms with Crippen LogP contribution in [-0.2, 0) is 13.6 Å². The Bertz CT molecular complexity index is 1430. The maximum atomic E-state index is 6.02. The van der Waals surface area contributed by atoms with Gasteiger partial charge in [-0.05, 0) is 49.6 Å². The number of rotatable bonds is 5. The molecule has 0 saturated carbocycles. The Kier molecular flexibility index (Phi) is 4.77. The van der Waals surface area contributed by atoms with E-state index >= 15 is 0 Å². The van der Waals surface area contributed by atoms with Crippen molar-refractivity contribution in [3.8, 4) is 22.6 Å². The van der Waals surface area contributed by atoms with Crippen molar-refractivity contribution in [1.82, 2.24) is 29.4 Å². The highest BCUT2D eigenvalue weighted by atomic mass is 16.4. The van der Waals surface area contributed by atoms with Crippen LogP contribution in [0.2, 0.25) is 0 Å². The minimum Gasteiger partial charge on any atom is -0.403 e. The van der Waals surface area contributed by atoms with Gasteiger partial charge in [-0.25, -0.2) is 4.98 Å². The predicted octanol–water partition coefficient (Wildman–Crippen LogP) is 4.35. The first-order valence-corrected chi connectivity index (χ1v) is 10.5. The average molecular weight is 428 g/mol. The van der Waals surface area contributed by atoms with Gasteiger partial charge < -0.3 is 13.7 Å². The first-order chi connectivity index (χ1) is 15.4. The van der Waals surface area contributed by atoms with E-state index in [0.29, 0.717) is 18.5 Å². The van der Waals surface area contributed by atoms with Gasteiger partial charge >= 0.3 is 6.01 Å². The zero-order valence-electron chi connectivity index (χ0n) is 18.9. The van der Waals surface area contributed by atoms with Gasteiger partial charge in [0.15, 0.2) is 0 Å². The summed E-state index contributed by atoms with van der Waals surface area (Å²) in [7, 11) is 3.91. The SMILES string of the molecule is Cc1cc(-c2c(C)nn(C)c2C)ccc1-c1nnc(N(C)Cc2ccc3nccn3c2)o1. The lowest BCUT2D eigenvalue weighted by Crippen LogP contribution is -2.17. The van der Waals surface area contributed by atoms with Crippen molar-refractivity contribution in [3.05, 3.63) is 71.4 Å². The number of pyridine rings is 1. The summed E-state index contributed by atoms with van der Waals surface area (Å²) in [4.78, 5) is 6.23. The van der Waals surface area contributed by atoms with Gasteiger partial charge in [0.05, 0.1) is 5.69 Å². The zero-order chi connectivity index (χ0) is 22.4. The van der Waals surface area contributed by atoms with Crippen molar-refractivity contribution in [3.63, 3.8) is 0 Å². The van der Waals surface area contributed by atoms with Crippen LogP contribution in [0.15, 0.2) is 53.3 Å². The fraction of sp³-hybridized carbons (Fsp3) is 0.250. The number of aryl methyl sites for hydroxylation is 3. The number of benzene rings is 1. The van der Waals surface area contributed by atoms with Crippen molar-refractivity contribution in [2.24, 2.45) is 7.05 Å². The average Bonchev–Trinajstić information content (AvgIpc) is 3.48. The van der Waals surface area contributed by atoms with Gasteiger partial charge in [0, 0.05) is 56.1 Å². The minimum atomic E-state index is 0.480. The van der Waals surface area contributed by atoms with E-state index in [9.17, 15) is 0 Å². The zero-order valence-corrected chi connectivity index (χ0v) is 18.9. The first kappa shape index (κ1) is 20.0. The van der Waals surface area contributed by atoms with Gasteiger partial charge in [0.2, 0.25) is 5.89 Å². The van der Waals surface area contributed by atoms with E-state index in [0.717, 1.165) is 39.3 Å². The Hall–Kier alpha value is -3.94. The Labute approximate surface area is 186 Å². The lowest BCUT2D eigenvalue weighted by molar-refractivity contribution is 0.554. The largest absolute Gasteiger partial charge is 0.403 e. The number of anilines is 1. The van der Waals surface area contributed by atoms with Crippen LogP contribution in [0.3, 0.4) is 0 Å². The third-order valence-corrected chi connectivity index (χ3v) is 5.87. The molecule has 8 heteroatoms. The highest BCUT2D eigenvalue weighted by molar-refractivity contribution is 5.73. The molecule has 5 rings (SSSR count). The molecule has 0 N–H and O–H groups in total. The molecule has 0 saturated heterocycles. The summed E-state index contributed by atoms with van der Waals surface area (Å²) >= 11 is 0. The summed E-state index contributed by atoms with van der Waals surface area (Å²) < 4.78 is 9.94. The van der Waals surface area contributed by atoms with Gasteiger partial charge in [-0.1, -0.05) is 23.3 Å². The van der Waals surface area contributed by atoms with Crippen LogP contribution in [0.1, 0.15) is 22.5 Å². The lowest BCUT2D eigenvalue weighted by Gasteiger charge is -2.14. The Morgan fingerprint density at radius 3 is 2.66 bits per heavy atom. The maximum Gasteiger partial charge on any atom is 0.318 e. The van der Waals surface area contributed by atoms with Crippen molar-refractivity contribution in [2.75, 3.05) is 11.9 Å². The van der Waals surface area contributed by atoms with Crippen LogP contribution in [0.4, 0.5) is 6.01 Å². The monoisotopic (exact) mass is 427 g/mol. The van der Waals surface area contributed by atoms with E-state index in [4.69, 9.17) is 4.42 Å². The molecule has 0 aliphatic carbocycles. The quantitative estimate of drug-likeness (QED) is 0.415. The van der Waals surface area contributed by atoms with Crippen molar-refractivity contribution in [2.45, 2.75) is 27.3 Å². The Morgan fingerprint density at radius 2 is 1.91 bits per heavy atom. The molecule has 8 nitrogen and oxygen atoms in total. The summed E-state index contributed by atoms with van der Waals surface area (Å²) in [5.41, 5.74) is 8.53. The molecule has 162 valence electrons. The molecule has 4 heterocycles. The molecule has 0 spiro atoms. The molecule has 0 radical (unpaired) electrons. The molecule has 32 heavy (non-hydrogen) atoms. The summed E-state index contributed by atoms with van der Waals surface area (Å²) in [6.07, 6.45) is 5.78. The number of hydrogen-bond acceptors (Lipinski definition) is 6. The second-order valence-corrected chi connectivity index (χ2v) is 8.18. The third-order valence-electron chi connectivity index (χ3n) is 5.87.